The third kappa shape index (κ3) is 3.74. The van der Waals surface area contributed by atoms with Gasteiger partial charge in [0.15, 0.2) is 0 Å². The van der Waals surface area contributed by atoms with Crippen LogP contribution in [0.5, 0.6) is 0 Å². The molecule has 1 aromatic rings. The van der Waals surface area contributed by atoms with Gasteiger partial charge < -0.3 is 10.1 Å². The number of hydrogen-bond donors (Lipinski definition) is 1. The van der Waals surface area contributed by atoms with Crippen LogP contribution in [0.1, 0.15) is 25.7 Å². The molecule has 0 bridgehead atoms. The maximum Gasteiger partial charge on any atom is 0.243 e. The van der Waals surface area contributed by atoms with Crippen molar-refractivity contribution in [3.05, 3.63) is 29.3 Å². The first-order valence-corrected chi connectivity index (χ1v) is 9.97. The lowest BCUT2D eigenvalue weighted by molar-refractivity contribution is -0.124. The molecule has 0 saturated carbocycles. The summed E-state index contributed by atoms with van der Waals surface area (Å²) in [6, 6.07) is 5.36. The van der Waals surface area contributed by atoms with Crippen molar-refractivity contribution in [2.45, 2.75) is 42.7 Å². The van der Waals surface area contributed by atoms with Crippen LogP contribution < -0.4 is 5.32 Å². The van der Waals surface area contributed by atoms with Gasteiger partial charge in [-0.05, 0) is 49.9 Å². The molecular formula is C16H21ClN2O4S. The van der Waals surface area contributed by atoms with Crippen molar-refractivity contribution in [3.8, 4) is 0 Å². The van der Waals surface area contributed by atoms with Crippen LogP contribution in [0, 0.1) is 0 Å². The summed E-state index contributed by atoms with van der Waals surface area (Å²) in [5.74, 6) is -0.250. The molecule has 0 radical (unpaired) electrons. The van der Waals surface area contributed by atoms with Gasteiger partial charge in [-0.25, -0.2) is 8.42 Å². The summed E-state index contributed by atoms with van der Waals surface area (Å²) in [7, 11) is -3.70. The van der Waals surface area contributed by atoms with Gasteiger partial charge in [-0.15, -0.1) is 0 Å². The first-order valence-electron chi connectivity index (χ1n) is 8.15. The van der Waals surface area contributed by atoms with E-state index in [1.807, 2.05) is 0 Å². The fourth-order valence-electron chi connectivity index (χ4n) is 3.17. The molecule has 2 aliphatic rings. The molecule has 1 amide bonds. The van der Waals surface area contributed by atoms with Gasteiger partial charge in [-0.2, -0.15) is 4.31 Å². The Morgan fingerprint density at radius 3 is 2.67 bits per heavy atom. The normalized spacial score (nSPS) is 25.0. The molecule has 24 heavy (non-hydrogen) atoms. The molecule has 0 aliphatic carbocycles. The van der Waals surface area contributed by atoms with Crippen molar-refractivity contribution in [1.29, 1.82) is 0 Å². The highest BCUT2D eigenvalue weighted by atomic mass is 35.5. The highest BCUT2D eigenvalue weighted by Crippen LogP contribution is 2.27. The molecule has 2 saturated heterocycles. The SMILES string of the molecule is O=C(NC[C@H]1CCCO1)[C@H]1CCCN1S(=O)(=O)c1ccc(Cl)cc1. The number of benzene rings is 1. The minimum Gasteiger partial charge on any atom is -0.376 e. The van der Waals surface area contributed by atoms with E-state index in [0.717, 1.165) is 19.4 Å². The molecule has 3 rings (SSSR count). The maximum atomic E-state index is 12.8. The van der Waals surface area contributed by atoms with Crippen molar-refractivity contribution in [2.24, 2.45) is 0 Å². The van der Waals surface area contributed by atoms with Gasteiger partial charge >= 0.3 is 0 Å². The lowest BCUT2D eigenvalue weighted by Crippen LogP contribution is -2.47. The van der Waals surface area contributed by atoms with E-state index >= 15 is 0 Å². The number of carbonyl (C=O) groups is 1. The largest absolute Gasteiger partial charge is 0.376 e. The summed E-state index contributed by atoms with van der Waals surface area (Å²) in [6.45, 7) is 1.51. The van der Waals surface area contributed by atoms with E-state index in [1.54, 1.807) is 0 Å². The van der Waals surface area contributed by atoms with Crippen LogP contribution in [0.2, 0.25) is 5.02 Å². The van der Waals surface area contributed by atoms with Gasteiger partial charge in [-0.1, -0.05) is 11.6 Å². The topological polar surface area (TPSA) is 75.7 Å². The molecule has 8 heteroatoms. The van der Waals surface area contributed by atoms with E-state index in [4.69, 9.17) is 16.3 Å². The zero-order valence-corrected chi connectivity index (χ0v) is 14.9. The number of rotatable bonds is 5. The molecule has 1 aromatic carbocycles. The average Bonchev–Trinajstić information content (AvgIpc) is 3.24. The number of hydrogen-bond acceptors (Lipinski definition) is 4. The van der Waals surface area contributed by atoms with Crippen molar-refractivity contribution in [3.63, 3.8) is 0 Å². The van der Waals surface area contributed by atoms with E-state index in [1.165, 1.54) is 28.6 Å². The maximum absolute atomic E-state index is 12.8. The Morgan fingerprint density at radius 1 is 1.25 bits per heavy atom. The van der Waals surface area contributed by atoms with Crippen LogP contribution in [0.3, 0.4) is 0 Å². The summed E-state index contributed by atoms with van der Waals surface area (Å²) in [5, 5.41) is 3.31. The Kier molecular flexibility index (Phi) is 5.44. The van der Waals surface area contributed by atoms with E-state index in [-0.39, 0.29) is 16.9 Å². The lowest BCUT2D eigenvalue weighted by Gasteiger charge is -2.24. The Bertz CT molecular complexity index is 687. The molecule has 132 valence electrons. The van der Waals surface area contributed by atoms with Crippen molar-refractivity contribution in [2.75, 3.05) is 19.7 Å². The van der Waals surface area contributed by atoms with E-state index in [0.29, 0.717) is 31.0 Å². The number of halogens is 1. The number of nitrogens with zero attached hydrogens (tertiary/aromatic N) is 1. The fourth-order valence-corrected chi connectivity index (χ4v) is 4.95. The third-order valence-corrected chi connectivity index (χ3v) is 6.63. The second-order valence-corrected chi connectivity index (χ2v) is 8.43. The van der Waals surface area contributed by atoms with Gasteiger partial charge in [0, 0.05) is 24.7 Å². The van der Waals surface area contributed by atoms with Gasteiger partial charge in [0.1, 0.15) is 6.04 Å². The van der Waals surface area contributed by atoms with E-state index < -0.39 is 16.1 Å². The Balaban J connectivity index is 1.69. The summed E-state index contributed by atoms with van der Waals surface area (Å²) in [4.78, 5) is 12.6. The number of nitrogens with one attached hydrogen (secondary N) is 1. The number of ether oxygens (including phenoxy) is 1. The second kappa shape index (κ2) is 7.39. The number of carbonyl (C=O) groups excluding carboxylic acids is 1. The average molecular weight is 373 g/mol. The monoisotopic (exact) mass is 372 g/mol. The van der Waals surface area contributed by atoms with Crippen molar-refractivity contribution < 1.29 is 17.9 Å². The number of amides is 1. The summed E-state index contributed by atoms with van der Waals surface area (Å²) < 4.78 is 32.4. The quantitative estimate of drug-likeness (QED) is 0.855. The second-order valence-electron chi connectivity index (χ2n) is 6.11. The first kappa shape index (κ1) is 17.7. The Hall–Kier alpha value is -1.15. The minimum absolute atomic E-state index is 0.0386. The Labute approximate surface area is 147 Å². The minimum atomic E-state index is -3.70. The summed E-state index contributed by atoms with van der Waals surface area (Å²) in [5.41, 5.74) is 0. The van der Waals surface area contributed by atoms with Gasteiger partial charge in [0.2, 0.25) is 15.9 Å². The van der Waals surface area contributed by atoms with Crippen LogP contribution in [-0.4, -0.2) is 50.5 Å². The molecule has 2 atom stereocenters. The van der Waals surface area contributed by atoms with Crippen molar-refractivity contribution >= 4 is 27.5 Å². The zero-order valence-electron chi connectivity index (χ0n) is 13.3. The molecule has 0 spiro atoms. The summed E-state index contributed by atoms with van der Waals surface area (Å²) in [6.07, 6.45) is 3.17. The highest BCUT2D eigenvalue weighted by molar-refractivity contribution is 7.89. The summed E-state index contributed by atoms with van der Waals surface area (Å²) >= 11 is 5.82. The molecule has 1 N–H and O–H groups in total. The molecule has 2 fully saturated rings. The van der Waals surface area contributed by atoms with E-state index in [2.05, 4.69) is 5.32 Å². The zero-order chi connectivity index (χ0) is 17.2. The standard InChI is InChI=1S/C16H21ClN2O4S/c17-12-5-7-14(8-6-12)24(21,22)19-9-1-4-15(19)16(20)18-11-13-3-2-10-23-13/h5-8,13,15H,1-4,9-11H2,(H,18,20)/t13-,15-/m1/s1. The Morgan fingerprint density at radius 2 is 2.00 bits per heavy atom. The fraction of sp³-hybridized carbons (Fsp3) is 0.562. The smallest absolute Gasteiger partial charge is 0.243 e. The van der Waals surface area contributed by atoms with Gasteiger partial charge in [0.05, 0.1) is 11.0 Å². The predicted octanol–water partition coefficient (Wildman–Crippen LogP) is 1.79. The van der Waals surface area contributed by atoms with Crippen LogP contribution in [0.25, 0.3) is 0 Å². The van der Waals surface area contributed by atoms with Crippen LogP contribution >= 0.6 is 11.6 Å². The highest BCUT2D eigenvalue weighted by Gasteiger charge is 2.39. The molecule has 2 heterocycles. The van der Waals surface area contributed by atoms with Crippen LogP contribution in [0.4, 0.5) is 0 Å². The molecule has 2 aliphatic heterocycles. The first-order chi connectivity index (χ1) is 11.5. The lowest BCUT2D eigenvalue weighted by atomic mass is 10.2. The number of sulfonamides is 1. The van der Waals surface area contributed by atoms with Gasteiger partial charge in [0.25, 0.3) is 0 Å². The van der Waals surface area contributed by atoms with Crippen LogP contribution in [-0.2, 0) is 19.6 Å². The molecule has 0 unspecified atom stereocenters. The third-order valence-electron chi connectivity index (χ3n) is 4.45. The molecule has 6 nitrogen and oxygen atoms in total. The van der Waals surface area contributed by atoms with Gasteiger partial charge in [-0.3, -0.25) is 4.79 Å². The predicted molar refractivity (Wildman–Crippen MR) is 90.3 cm³/mol. The van der Waals surface area contributed by atoms with Crippen LogP contribution in [0.15, 0.2) is 29.2 Å². The van der Waals surface area contributed by atoms with E-state index in [9.17, 15) is 13.2 Å². The van der Waals surface area contributed by atoms with Crippen molar-refractivity contribution in [1.82, 2.24) is 9.62 Å². The molecular weight excluding hydrogens is 352 g/mol. The molecule has 0 aromatic heterocycles.